The van der Waals surface area contributed by atoms with Crippen LogP contribution in [0, 0.1) is 6.07 Å². The van der Waals surface area contributed by atoms with E-state index in [4.69, 9.17) is 0 Å². The van der Waals surface area contributed by atoms with E-state index in [2.05, 4.69) is 16.1 Å². The molecule has 53 valence electrons. The Morgan fingerprint density at radius 1 is 1.36 bits per heavy atom. The quantitative estimate of drug-likeness (QED) is 0.599. The number of aromatic nitrogens is 3. The monoisotopic (exact) mass is 144 g/mol. The Morgan fingerprint density at radius 2 is 2.36 bits per heavy atom. The predicted octanol–water partition coefficient (Wildman–Crippen LogP) is 1.07. The van der Waals surface area contributed by atoms with Crippen LogP contribution in [0.2, 0.25) is 0 Å². The molecule has 3 heteroatoms. The second-order valence-electron chi connectivity index (χ2n) is 2.09. The first-order chi connectivity index (χ1) is 5.47. The third kappa shape index (κ3) is 1.12. The molecule has 11 heavy (non-hydrogen) atoms. The highest BCUT2D eigenvalue weighted by molar-refractivity contribution is 5.27. The van der Waals surface area contributed by atoms with E-state index in [0.29, 0.717) is 0 Å². The number of nitrogens with zero attached hydrogens (tertiary/aromatic N) is 3. The summed E-state index contributed by atoms with van der Waals surface area (Å²) in [6, 6.07) is 10.7. The first-order valence-corrected chi connectivity index (χ1v) is 3.28. The van der Waals surface area contributed by atoms with Crippen molar-refractivity contribution in [3.63, 3.8) is 0 Å². The Bertz CT molecular complexity index is 312. The van der Waals surface area contributed by atoms with Gasteiger partial charge in [0, 0.05) is 6.07 Å². The lowest BCUT2D eigenvalue weighted by molar-refractivity contribution is 0.877. The minimum Gasteiger partial charge on any atom is -0.223 e. The van der Waals surface area contributed by atoms with Crippen LogP contribution in [0.25, 0.3) is 5.69 Å². The molecule has 1 radical (unpaired) electrons. The molecule has 1 aromatic heterocycles. The summed E-state index contributed by atoms with van der Waals surface area (Å²) >= 11 is 0. The van der Waals surface area contributed by atoms with Gasteiger partial charge in [0.15, 0.2) is 0 Å². The van der Waals surface area contributed by atoms with Gasteiger partial charge in [-0.25, -0.2) is 9.67 Å². The summed E-state index contributed by atoms with van der Waals surface area (Å²) in [5, 5.41) is 3.96. The average Bonchev–Trinajstić information content (AvgIpc) is 2.58. The Labute approximate surface area is 64.3 Å². The van der Waals surface area contributed by atoms with Gasteiger partial charge in [-0.2, -0.15) is 5.10 Å². The Morgan fingerprint density at radius 3 is 3.00 bits per heavy atom. The van der Waals surface area contributed by atoms with Gasteiger partial charge in [-0.3, -0.25) is 0 Å². The lowest BCUT2D eigenvalue weighted by Crippen LogP contribution is -1.92. The summed E-state index contributed by atoms with van der Waals surface area (Å²) in [6.07, 6.45) is 3.15. The number of benzene rings is 1. The Hall–Kier alpha value is -1.64. The molecule has 0 aliphatic heterocycles. The second-order valence-corrected chi connectivity index (χ2v) is 2.09. The van der Waals surface area contributed by atoms with Crippen molar-refractivity contribution < 1.29 is 0 Å². The highest BCUT2D eigenvalue weighted by Crippen LogP contribution is 2.01. The summed E-state index contributed by atoms with van der Waals surface area (Å²) in [7, 11) is 0. The molecule has 2 rings (SSSR count). The zero-order valence-corrected chi connectivity index (χ0v) is 5.81. The molecule has 0 aliphatic carbocycles. The van der Waals surface area contributed by atoms with Crippen LogP contribution in [0.15, 0.2) is 36.9 Å². The van der Waals surface area contributed by atoms with Crippen molar-refractivity contribution in [2.24, 2.45) is 0 Å². The van der Waals surface area contributed by atoms with Crippen molar-refractivity contribution in [2.45, 2.75) is 0 Å². The highest BCUT2D eigenvalue weighted by atomic mass is 15.3. The molecular formula is C8H6N3. The van der Waals surface area contributed by atoms with E-state index in [-0.39, 0.29) is 0 Å². The van der Waals surface area contributed by atoms with Crippen LogP contribution in [0.1, 0.15) is 0 Å². The maximum atomic E-state index is 3.96. The fourth-order valence-corrected chi connectivity index (χ4v) is 0.859. The molecule has 0 atom stereocenters. The van der Waals surface area contributed by atoms with Crippen molar-refractivity contribution in [1.82, 2.24) is 14.8 Å². The Balaban J connectivity index is 2.46. The van der Waals surface area contributed by atoms with Crippen LogP contribution >= 0.6 is 0 Å². The fraction of sp³-hybridized carbons (Fsp3) is 0. The van der Waals surface area contributed by atoms with Gasteiger partial charge in [0.1, 0.15) is 12.7 Å². The van der Waals surface area contributed by atoms with Gasteiger partial charge in [-0.05, 0) is 6.07 Å². The lowest BCUT2D eigenvalue weighted by Gasteiger charge is -1.95. The molecule has 2 aromatic rings. The minimum atomic E-state index is 0.907. The topological polar surface area (TPSA) is 30.7 Å². The molecule has 0 saturated carbocycles. The summed E-state index contributed by atoms with van der Waals surface area (Å²) in [6.45, 7) is 0. The van der Waals surface area contributed by atoms with Crippen LogP contribution in [0.3, 0.4) is 0 Å². The predicted molar refractivity (Wildman–Crippen MR) is 40.2 cm³/mol. The van der Waals surface area contributed by atoms with E-state index in [0.717, 1.165) is 5.69 Å². The number of rotatable bonds is 1. The summed E-state index contributed by atoms with van der Waals surface area (Å²) < 4.78 is 1.67. The zero-order chi connectivity index (χ0) is 7.52. The normalized spacial score (nSPS) is 9.82. The van der Waals surface area contributed by atoms with E-state index in [9.17, 15) is 0 Å². The van der Waals surface area contributed by atoms with Crippen LogP contribution in [0.5, 0.6) is 0 Å². The fourth-order valence-electron chi connectivity index (χ4n) is 0.859. The van der Waals surface area contributed by atoms with Gasteiger partial charge in [0.25, 0.3) is 0 Å². The van der Waals surface area contributed by atoms with Crippen molar-refractivity contribution >= 4 is 0 Å². The molecule has 3 nitrogen and oxygen atoms in total. The SMILES string of the molecule is [c]1ccccc1-n1cncn1. The van der Waals surface area contributed by atoms with Gasteiger partial charge in [-0.15, -0.1) is 0 Å². The van der Waals surface area contributed by atoms with E-state index in [1.807, 2.05) is 24.3 Å². The zero-order valence-electron chi connectivity index (χ0n) is 5.81. The minimum absolute atomic E-state index is 0.907. The number of para-hydroxylation sites is 1. The van der Waals surface area contributed by atoms with Gasteiger partial charge < -0.3 is 0 Å². The summed E-state index contributed by atoms with van der Waals surface area (Å²) in [4.78, 5) is 3.83. The molecule has 0 amide bonds. The molecule has 0 aliphatic rings. The van der Waals surface area contributed by atoms with Crippen molar-refractivity contribution in [3.8, 4) is 5.69 Å². The van der Waals surface area contributed by atoms with Crippen molar-refractivity contribution in [3.05, 3.63) is 43.0 Å². The summed E-state index contributed by atoms with van der Waals surface area (Å²) in [5.74, 6) is 0. The molecule has 0 spiro atoms. The molecule has 1 heterocycles. The molecule has 0 N–H and O–H groups in total. The number of hydrogen-bond donors (Lipinski definition) is 0. The second kappa shape index (κ2) is 2.54. The maximum Gasteiger partial charge on any atom is 0.138 e. The van der Waals surface area contributed by atoms with Gasteiger partial charge in [0.05, 0.1) is 5.69 Å². The highest BCUT2D eigenvalue weighted by Gasteiger charge is 1.92. The molecule has 1 aromatic carbocycles. The third-order valence-electron chi connectivity index (χ3n) is 1.36. The first kappa shape index (κ1) is 6.09. The average molecular weight is 144 g/mol. The van der Waals surface area contributed by atoms with E-state index < -0.39 is 0 Å². The maximum absolute atomic E-state index is 3.96. The van der Waals surface area contributed by atoms with Crippen LogP contribution in [-0.4, -0.2) is 14.8 Å². The Kier molecular flexibility index (Phi) is 1.41. The summed E-state index contributed by atoms with van der Waals surface area (Å²) in [5.41, 5.74) is 0.907. The molecule has 0 fully saturated rings. The van der Waals surface area contributed by atoms with Gasteiger partial charge in [0.2, 0.25) is 0 Å². The smallest absolute Gasteiger partial charge is 0.138 e. The van der Waals surface area contributed by atoms with Gasteiger partial charge in [-0.1, -0.05) is 18.2 Å². The largest absolute Gasteiger partial charge is 0.223 e. The van der Waals surface area contributed by atoms with Crippen molar-refractivity contribution in [2.75, 3.05) is 0 Å². The molecule has 0 unspecified atom stereocenters. The first-order valence-electron chi connectivity index (χ1n) is 3.28. The van der Waals surface area contributed by atoms with Crippen LogP contribution < -0.4 is 0 Å². The molecular weight excluding hydrogens is 138 g/mol. The van der Waals surface area contributed by atoms with Crippen molar-refractivity contribution in [1.29, 1.82) is 0 Å². The molecule has 0 saturated heterocycles. The molecule has 0 bridgehead atoms. The van der Waals surface area contributed by atoms with Gasteiger partial charge >= 0.3 is 0 Å². The van der Waals surface area contributed by atoms with Crippen LogP contribution in [-0.2, 0) is 0 Å². The number of hydrogen-bond acceptors (Lipinski definition) is 2. The third-order valence-corrected chi connectivity index (χ3v) is 1.36. The lowest BCUT2D eigenvalue weighted by atomic mass is 10.3. The van der Waals surface area contributed by atoms with Crippen LogP contribution in [0.4, 0.5) is 0 Å². The standard InChI is InChI=1S/C8H6N3/c1-2-4-8(5-3-1)11-7-9-6-10-11/h1-4,6-7H. The van der Waals surface area contributed by atoms with E-state index >= 15 is 0 Å². The van der Waals surface area contributed by atoms with E-state index in [1.165, 1.54) is 6.33 Å². The van der Waals surface area contributed by atoms with E-state index in [1.54, 1.807) is 11.0 Å².